The standard InChI is InChI=1S/C13H14F3IN2O2/c1-9(20)18-4-6-19(7-5-18)10-2-3-11(17)12(8-10)21-13(14,15)16/h2-3,8H,4-7H2,1H3. The third kappa shape index (κ3) is 4.39. The quantitative estimate of drug-likeness (QED) is 0.699. The van der Waals surface area contributed by atoms with Gasteiger partial charge >= 0.3 is 6.36 Å². The van der Waals surface area contributed by atoms with Gasteiger partial charge in [-0.15, -0.1) is 13.2 Å². The van der Waals surface area contributed by atoms with E-state index in [0.29, 0.717) is 35.4 Å². The van der Waals surface area contributed by atoms with Gasteiger partial charge in [0.05, 0.1) is 3.57 Å². The van der Waals surface area contributed by atoms with Gasteiger partial charge in [-0.2, -0.15) is 0 Å². The molecular weight excluding hydrogens is 400 g/mol. The summed E-state index contributed by atoms with van der Waals surface area (Å²) in [4.78, 5) is 14.9. The summed E-state index contributed by atoms with van der Waals surface area (Å²) < 4.78 is 41.5. The molecule has 0 unspecified atom stereocenters. The molecule has 116 valence electrons. The van der Waals surface area contributed by atoms with E-state index in [1.165, 1.54) is 13.0 Å². The van der Waals surface area contributed by atoms with E-state index in [1.54, 1.807) is 39.6 Å². The number of hydrogen-bond donors (Lipinski definition) is 0. The molecule has 1 aliphatic heterocycles. The number of piperazine rings is 1. The third-order valence-electron chi connectivity index (χ3n) is 3.23. The van der Waals surface area contributed by atoms with Gasteiger partial charge in [0.25, 0.3) is 0 Å². The Morgan fingerprint density at radius 3 is 2.38 bits per heavy atom. The Kier molecular flexibility index (Phi) is 4.84. The first kappa shape index (κ1) is 16.2. The molecule has 0 spiro atoms. The van der Waals surface area contributed by atoms with Crippen molar-refractivity contribution in [2.75, 3.05) is 31.1 Å². The molecule has 1 fully saturated rings. The third-order valence-corrected chi connectivity index (χ3v) is 4.12. The van der Waals surface area contributed by atoms with Gasteiger partial charge in [-0.1, -0.05) is 0 Å². The van der Waals surface area contributed by atoms with Crippen LogP contribution in [0.3, 0.4) is 0 Å². The lowest BCUT2D eigenvalue weighted by Crippen LogP contribution is -2.48. The number of carbonyl (C=O) groups excluding carboxylic acids is 1. The Hall–Kier alpha value is -1.19. The molecule has 0 aliphatic carbocycles. The van der Waals surface area contributed by atoms with Crippen LogP contribution in [0, 0.1) is 3.57 Å². The highest BCUT2D eigenvalue weighted by atomic mass is 127. The molecule has 8 heteroatoms. The fourth-order valence-electron chi connectivity index (χ4n) is 2.17. The number of hydrogen-bond acceptors (Lipinski definition) is 3. The molecule has 1 heterocycles. The lowest BCUT2D eigenvalue weighted by molar-refractivity contribution is -0.274. The Morgan fingerprint density at radius 2 is 1.86 bits per heavy atom. The van der Waals surface area contributed by atoms with Crippen LogP contribution in [0.2, 0.25) is 0 Å². The highest BCUT2D eigenvalue weighted by Gasteiger charge is 2.32. The maximum Gasteiger partial charge on any atom is 0.573 e. The number of rotatable bonds is 2. The largest absolute Gasteiger partial charge is 0.573 e. The average molecular weight is 414 g/mol. The molecule has 0 atom stereocenters. The van der Waals surface area contributed by atoms with Crippen LogP contribution in [0.25, 0.3) is 0 Å². The normalized spacial score (nSPS) is 16.0. The number of carbonyl (C=O) groups is 1. The van der Waals surface area contributed by atoms with Gasteiger partial charge in [-0.3, -0.25) is 4.79 Å². The molecular formula is C13H14F3IN2O2. The van der Waals surface area contributed by atoms with E-state index in [1.807, 2.05) is 4.90 Å². The van der Waals surface area contributed by atoms with Gasteiger partial charge in [0.2, 0.25) is 5.91 Å². The molecule has 1 saturated heterocycles. The highest BCUT2D eigenvalue weighted by molar-refractivity contribution is 14.1. The maximum atomic E-state index is 12.4. The van der Waals surface area contributed by atoms with Crippen molar-refractivity contribution in [1.82, 2.24) is 4.90 Å². The predicted molar refractivity (Wildman–Crippen MR) is 80.3 cm³/mol. The molecule has 4 nitrogen and oxygen atoms in total. The number of amides is 1. The predicted octanol–water partition coefficient (Wildman–Crippen LogP) is 2.86. The minimum Gasteiger partial charge on any atom is -0.405 e. The number of alkyl halides is 3. The zero-order chi connectivity index (χ0) is 15.6. The summed E-state index contributed by atoms with van der Waals surface area (Å²) in [6.07, 6.45) is -4.70. The van der Waals surface area contributed by atoms with Crippen LogP contribution in [0.4, 0.5) is 18.9 Å². The molecule has 1 aromatic carbocycles. The van der Waals surface area contributed by atoms with Crippen molar-refractivity contribution in [3.05, 3.63) is 21.8 Å². The smallest absolute Gasteiger partial charge is 0.405 e. The highest BCUT2D eigenvalue weighted by Crippen LogP contribution is 2.31. The maximum absolute atomic E-state index is 12.4. The van der Waals surface area contributed by atoms with Crippen LogP contribution in [0.5, 0.6) is 5.75 Å². The van der Waals surface area contributed by atoms with Crippen molar-refractivity contribution < 1.29 is 22.7 Å². The number of halogens is 4. The minimum atomic E-state index is -4.70. The zero-order valence-electron chi connectivity index (χ0n) is 11.3. The van der Waals surface area contributed by atoms with Crippen LogP contribution in [0.15, 0.2) is 18.2 Å². The van der Waals surface area contributed by atoms with E-state index < -0.39 is 6.36 Å². The second-order valence-electron chi connectivity index (χ2n) is 4.66. The number of nitrogens with zero attached hydrogens (tertiary/aromatic N) is 2. The summed E-state index contributed by atoms with van der Waals surface area (Å²) in [5, 5.41) is 0. The van der Waals surface area contributed by atoms with E-state index in [2.05, 4.69) is 4.74 Å². The lowest BCUT2D eigenvalue weighted by atomic mass is 10.2. The van der Waals surface area contributed by atoms with Gasteiger partial charge in [0, 0.05) is 44.9 Å². The number of ether oxygens (including phenoxy) is 1. The van der Waals surface area contributed by atoms with E-state index in [9.17, 15) is 18.0 Å². The monoisotopic (exact) mass is 414 g/mol. The van der Waals surface area contributed by atoms with Gasteiger partial charge in [0.1, 0.15) is 5.75 Å². The molecule has 0 bridgehead atoms. The van der Waals surface area contributed by atoms with Crippen LogP contribution in [-0.2, 0) is 4.79 Å². The second-order valence-corrected chi connectivity index (χ2v) is 5.82. The summed E-state index contributed by atoms with van der Waals surface area (Å²) in [6, 6.07) is 4.74. The minimum absolute atomic E-state index is 0.0124. The van der Waals surface area contributed by atoms with Gasteiger partial charge in [-0.25, -0.2) is 0 Å². The van der Waals surface area contributed by atoms with Crippen molar-refractivity contribution >= 4 is 34.2 Å². The van der Waals surface area contributed by atoms with E-state index in [-0.39, 0.29) is 11.7 Å². The van der Waals surface area contributed by atoms with Crippen molar-refractivity contribution in [1.29, 1.82) is 0 Å². The molecule has 0 radical (unpaired) electrons. The fourth-order valence-corrected chi connectivity index (χ4v) is 2.62. The molecule has 1 aromatic rings. The summed E-state index contributed by atoms with van der Waals surface area (Å²) in [7, 11) is 0. The molecule has 21 heavy (non-hydrogen) atoms. The Balaban J connectivity index is 2.11. The molecule has 1 aliphatic rings. The first-order valence-corrected chi connectivity index (χ1v) is 7.40. The van der Waals surface area contributed by atoms with E-state index in [4.69, 9.17) is 0 Å². The van der Waals surface area contributed by atoms with Crippen LogP contribution in [-0.4, -0.2) is 43.3 Å². The van der Waals surface area contributed by atoms with Crippen LogP contribution in [0.1, 0.15) is 6.92 Å². The molecule has 0 N–H and O–H groups in total. The zero-order valence-corrected chi connectivity index (χ0v) is 13.4. The Labute approximate surface area is 134 Å². The average Bonchev–Trinajstić information content (AvgIpc) is 2.40. The molecule has 0 saturated carbocycles. The molecule has 1 amide bonds. The lowest BCUT2D eigenvalue weighted by Gasteiger charge is -2.35. The van der Waals surface area contributed by atoms with Gasteiger partial charge in [-0.05, 0) is 34.7 Å². The van der Waals surface area contributed by atoms with Crippen molar-refractivity contribution in [3.63, 3.8) is 0 Å². The van der Waals surface area contributed by atoms with Gasteiger partial charge in [0.15, 0.2) is 0 Å². The van der Waals surface area contributed by atoms with Crippen molar-refractivity contribution in [2.45, 2.75) is 13.3 Å². The number of anilines is 1. The molecule has 2 rings (SSSR count). The summed E-state index contributed by atoms with van der Waals surface area (Å²) >= 11 is 1.80. The Morgan fingerprint density at radius 1 is 1.24 bits per heavy atom. The second kappa shape index (κ2) is 6.29. The first-order valence-electron chi connectivity index (χ1n) is 6.32. The van der Waals surface area contributed by atoms with Gasteiger partial charge < -0.3 is 14.5 Å². The number of benzene rings is 1. The van der Waals surface area contributed by atoms with Crippen LogP contribution < -0.4 is 9.64 Å². The first-order chi connectivity index (χ1) is 9.76. The van der Waals surface area contributed by atoms with Crippen LogP contribution >= 0.6 is 22.6 Å². The SMILES string of the molecule is CC(=O)N1CCN(c2ccc(I)c(OC(F)(F)F)c2)CC1. The summed E-state index contributed by atoms with van der Waals surface area (Å²) in [5.41, 5.74) is 0.665. The molecule has 0 aromatic heterocycles. The van der Waals surface area contributed by atoms with E-state index in [0.717, 1.165) is 0 Å². The summed E-state index contributed by atoms with van der Waals surface area (Å²) in [5.74, 6) is -0.187. The Bertz CT molecular complexity index is 529. The van der Waals surface area contributed by atoms with Crippen molar-refractivity contribution in [3.8, 4) is 5.75 Å². The topological polar surface area (TPSA) is 32.8 Å². The van der Waals surface area contributed by atoms with Crippen molar-refractivity contribution in [2.24, 2.45) is 0 Å². The summed E-state index contributed by atoms with van der Waals surface area (Å²) in [6.45, 7) is 3.82. The fraction of sp³-hybridized carbons (Fsp3) is 0.462. The van der Waals surface area contributed by atoms with E-state index >= 15 is 0 Å².